The van der Waals surface area contributed by atoms with Crippen LogP contribution in [-0.2, 0) is 6.42 Å². The van der Waals surface area contributed by atoms with E-state index < -0.39 is 0 Å². The monoisotopic (exact) mass is 324 g/mol. The van der Waals surface area contributed by atoms with Gasteiger partial charge in [-0.3, -0.25) is 0 Å². The van der Waals surface area contributed by atoms with E-state index >= 15 is 0 Å². The summed E-state index contributed by atoms with van der Waals surface area (Å²) >= 11 is 17.0. The summed E-state index contributed by atoms with van der Waals surface area (Å²) in [5, 5.41) is 4.65. The van der Waals surface area contributed by atoms with Gasteiger partial charge in [-0.2, -0.15) is 0 Å². The second-order valence-corrected chi connectivity index (χ2v) is 5.61. The van der Waals surface area contributed by atoms with Gasteiger partial charge in [0.1, 0.15) is 4.99 Å². The standard InChI is InChI=1S/C15H14Cl2N2S/c16-11-6-5-10(13(17)9-11)7-8-19-14-4-2-1-3-12(14)15(18)20/h1-6,9,19H,7-8H2,(H2,18,20). The fraction of sp³-hybridized carbons (Fsp3) is 0.133. The van der Waals surface area contributed by atoms with E-state index in [0.29, 0.717) is 15.0 Å². The van der Waals surface area contributed by atoms with Crippen LogP contribution in [0.1, 0.15) is 11.1 Å². The Morgan fingerprint density at radius 3 is 2.60 bits per heavy atom. The first-order chi connectivity index (χ1) is 9.58. The van der Waals surface area contributed by atoms with Crippen LogP contribution in [0.15, 0.2) is 42.5 Å². The largest absolute Gasteiger partial charge is 0.389 e. The highest BCUT2D eigenvalue weighted by Crippen LogP contribution is 2.22. The second kappa shape index (κ2) is 6.93. The van der Waals surface area contributed by atoms with Crippen LogP contribution < -0.4 is 11.1 Å². The zero-order valence-electron chi connectivity index (χ0n) is 10.7. The van der Waals surface area contributed by atoms with E-state index in [9.17, 15) is 0 Å². The summed E-state index contributed by atoms with van der Waals surface area (Å²) in [5.41, 5.74) is 8.53. The van der Waals surface area contributed by atoms with Crippen LogP contribution >= 0.6 is 35.4 Å². The van der Waals surface area contributed by atoms with Gasteiger partial charge in [0.05, 0.1) is 0 Å². The molecule has 0 aliphatic carbocycles. The minimum Gasteiger partial charge on any atom is -0.389 e. The third-order valence-corrected chi connectivity index (χ3v) is 3.72. The molecule has 0 fully saturated rings. The number of benzene rings is 2. The Kier molecular flexibility index (Phi) is 5.24. The van der Waals surface area contributed by atoms with E-state index in [0.717, 1.165) is 29.8 Å². The Labute approximate surface area is 133 Å². The van der Waals surface area contributed by atoms with Crippen LogP contribution in [0.2, 0.25) is 10.0 Å². The molecule has 0 aromatic heterocycles. The van der Waals surface area contributed by atoms with Gasteiger partial charge < -0.3 is 11.1 Å². The molecule has 0 radical (unpaired) electrons. The van der Waals surface area contributed by atoms with Gasteiger partial charge in [0.25, 0.3) is 0 Å². The molecule has 2 nitrogen and oxygen atoms in total. The Hall–Kier alpha value is -1.29. The molecule has 0 saturated heterocycles. The minimum atomic E-state index is 0.387. The van der Waals surface area contributed by atoms with E-state index in [-0.39, 0.29) is 0 Å². The molecule has 0 bridgehead atoms. The molecule has 0 amide bonds. The Bertz CT molecular complexity index is 629. The Morgan fingerprint density at radius 2 is 1.90 bits per heavy atom. The molecule has 3 N–H and O–H groups in total. The van der Waals surface area contributed by atoms with Gasteiger partial charge in [-0.05, 0) is 36.2 Å². The van der Waals surface area contributed by atoms with Crippen LogP contribution in [0, 0.1) is 0 Å². The smallest absolute Gasteiger partial charge is 0.106 e. The van der Waals surface area contributed by atoms with Crippen molar-refractivity contribution in [2.24, 2.45) is 5.73 Å². The normalized spacial score (nSPS) is 10.3. The number of nitrogens with one attached hydrogen (secondary N) is 1. The molecule has 104 valence electrons. The number of hydrogen-bond acceptors (Lipinski definition) is 2. The van der Waals surface area contributed by atoms with Crippen LogP contribution in [0.3, 0.4) is 0 Å². The summed E-state index contributed by atoms with van der Waals surface area (Å²) in [5.74, 6) is 0. The molecular formula is C15H14Cl2N2S. The van der Waals surface area contributed by atoms with E-state index in [1.165, 1.54) is 0 Å². The number of hydrogen-bond donors (Lipinski definition) is 2. The second-order valence-electron chi connectivity index (χ2n) is 4.32. The lowest BCUT2D eigenvalue weighted by Crippen LogP contribution is -2.14. The van der Waals surface area contributed by atoms with Gasteiger partial charge in [0, 0.05) is 27.8 Å². The highest BCUT2D eigenvalue weighted by molar-refractivity contribution is 7.80. The summed E-state index contributed by atoms with van der Waals surface area (Å²) in [6.45, 7) is 0.737. The molecule has 0 saturated carbocycles. The lowest BCUT2D eigenvalue weighted by molar-refractivity contribution is 1.02. The molecular weight excluding hydrogens is 311 g/mol. The fourth-order valence-corrected chi connectivity index (χ4v) is 2.59. The third-order valence-electron chi connectivity index (χ3n) is 2.92. The molecule has 2 rings (SSSR count). The van der Waals surface area contributed by atoms with Crippen molar-refractivity contribution in [2.45, 2.75) is 6.42 Å². The quantitative estimate of drug-likeness (QED) is 0.806. The first-order valence-electron chi connectivity index (χ1n) is 6.14. The first-order valence-corrected chi connectivity index (χ1v) is 7.31. The van der Waals surface area contributed by atoms with Crippen molar-refractivity contribution in [3.05, 3.63) is 63.6 Å². The van der Waals surface area contributed by atoms with E-state index in [1.807, 2.05) is 36.4 Å². The van der Waals surface area contributed by atoms with Gasteiger partial charge >= 0.3 is 0 Å². The van der Waals surface area contributed by atoms with Gasteiger partial charge in [-0.25, -0.2) is 0 Å². The number of rotatable bonds is 5. The highest BCUT2D eigenvalue weighted by atomic mass is 35.5. The number of halogens is 2. The molecule has 2 aromatic rings. The maximum absolute atomic E-state index is 6.14. The molecule has 0 spiro atoms. The lowest BCUT2D eigenvalue weighted by Gasteiger charge is -2.11. The SMILES string of the molecule is NC(=S)c1ccccc1NCCc1ccc(Cl)cc1Cl. The molecule has 0 aliphatic heterocycles. The molecule has 0 atom stereocenters. The topological polar surface area (TPSA) is 38.0 Å². The summed E-state index contributed by atoms with van der Waals surface area (Å²) < 4.78 is 0. The maximum Gasteiger partial charge on any atom is 0.106 e. The van der Waals surface area contributed by atoms with Crippen LogP contribution in [0.4, 0.5) is 5.69 Å². The van der Waals surface area contributed by atoms with E-state index in [2.05, 4.69) is 5.32 Å². The summed E-state index contributed by atoms with van der Waals surface area (Å²) in [4.78, 5) is 0.387. The lowest BCUT2D eigenvalue weighted by atomic mass is 10.1. The van der Waals surface area contributed by atoms with Crippen molar-refractivity contribution in [3.63, 3.8) is 0 Å². The van der Waals surface area contributed by atoms with Crippen molar-refractivity contribution < 1.29 is 0 Å². The minimum absolute atomic E-state index is 0.387. The molecule has 0 aliphatic rings. The molecule has 20 heavy (non-hydrogen) atoms. The number of nitrogens with two attached hydrogens (primary N) is 1. The van der Waals surface area contributed by atoms with Crippen molar-refractivity contribution in [1.29, 1.82) is 0 Å². The molecule has 5 heteroatoms. The summed E-state index contributed by atoms with van der Waals surface area (Å²) in [6, 6.07) is 13.2. The first kappa shape index (κ1) is 15.1. The average Bonchev–Trinajstić information content (AvgIpc) is 2.41. The Morgan fingerprint density at radius 1 is 1.15 bits per heavy atom. The van der Waals surface area contributed by atoms with E-state index in [1.54, 1.807) is 6.07 Å². The summed E-state index contributed by atoms with van der Waals surface area (Å²) in [7, 11) is 0. The number of para-hydroxylation sites is 1. The summed E-state index contributed by atoms with van der Waals surface area (Å²) in [6.07, 6.45) is 0.793. The van der Waals surface area contributed by atoms with Gasteiger partial charge in [0.15, 0.2) is 0 Å². The zero-order chi connectivity index (χ0) is 14.5. The number of thiocarbonyl (C=S) groups is 1. The van der Waals surface area contributed by atoms with Crippen molar-refractivity contribution in [2.75, 3.05) is 11.9 Å². The van der Waals surface area contributed by atoms with Crippen LogP contribution in [0.25, 0.3) is 0 Å². The van der Waals surface area contributed by atoms with Crippen molar-refractivity contribution in [1.82, 2.24) is 0 Å². The Balaban J connectivity index is 2.01. The predicted molar refractivity (Wildman–Crippen MR) is 91.0 cm³/mol. The molecule has 0 heterocycles. The molecule has 2 aromatic carbocycles. The van der Waals surface area contributed by atoms with Crippen LogP contribution in [-0.4, -0.2) is 11.5 Å². The fourth-order valence-electron chi connectivity index (χ4n) is 1.91. The molecule has 0 unspecified atom stereocenters. The third kappa shape index (κ3) is 3.85. The van der Waals surface area contributed by atoms with Gasteiger partial charge in [-0.15, -0.1) is 0 Å². The number of anilines is 1. The van der Waals surface area contributed by atoms with E-state index in [4.69, 9.17) is 41.2 Å². The van der Waals surface area contributed by atoms with Gasteiger partial charge in [0.2, 0.25) is 0 Å². The highest BCUT2D eigenvalue weighted by Gasteiger charge is 2.05. The maximum atomic E-state index is 6.14. The zero-order valence-corrected chi connectivity index (χ0v) is 13.0. The van der Waals surface area contributed by atoms with Crippen molar-refractivity contribution in [3.8, 4) is 0 Å². The average molecular weight is 325 g/mol. The van der Waals surface area contributed by atoms with Crippen LogP contribution in [0.5, 0.6) is 0 Å². The van der Waals surface area contributed by atoms with Gasteiger partial charge in [-0.1, -0.05) is 53.6 Å². The predicted octanol–water partition coefficient (Wildman–Crippen LogP) is 4.28. The van der Waals surface area contributed by atoms with Crippen molar-refractivity contribution >= 4 is 46.1 Å².